The number of aromatic amines is 1. The lowest BCUT2D eigenvalue weighted by atomic mass is 10.0. The monoisotopic (exact) mass is 229 g/mol. The van der Waals surface area contributed by atoms with Gasteiger partial charge in [0.1, 0.15) is 6.10 Å². The van der Waals surface area contributed by atoms with E-state index in [1.54, 1.807) is 11.3 Å². The quantitative estimate of drug-likeness (QED) is 0.695. The molecule has 3 aromatic rings. The minimum atomic E-state index is -0.536. The molecule has 1 aromatic carbocycles. The van der Waals surface area contributed by atoms with Gasteiger partial charge in [0.2, 0.25) is 0 Å². The zero-order valence-electron chi connectivity index (χ0n) is 8.55. The fourth-order valence-corrected chi connectivity index (χ4v) is 2.64. The first kappa shape index (κ1) is 9.63. The Kier molecular flexibility index (Phi) is 2.27. The lowest BCUT2D eigenvalue weighted by molar-refractivity contribution is 0.222. The standard InChI is InChI=1S/C13H11NOS/c15-13(9-5-7-16-8-9)11-2-1-3-12-10(11)4-6-14-12/h1-8,13-15H. The predicted molar refractivity (Wildman–Crippen MR) is 66.7 cm³/mol. The van der Waals surface area contributed by atoms with Gasteiger partial charge in [-0.25, -0.2) is 0 Å². The van der Waals surface area contributed by atoms with Crippen LogP contribution in [0.15, 0.2) is 47.3 Å². The summed E-state index contributed by atoms with van der Waals surface area (Å²) in [7, 11) is 0. The van der Waals surface area contributed by atoms with Crippen LogP contribution in [0.1, 0.15) is 17.2 Å². The van der Waals surface area contributed by atoms with Crippen molar-refractivity contribution < 1.29 is 5.11 Å². The molecule has 0 amide bonds. The largest absolute Gasteiger partial charge is 0.384 e. The Morgan fingerprint density at radius 3 is 2.94 bits per heavy atom. The molecule has 16 heavy (non-hydrogen) atoms. The maximum Gasteiger partial charge on any atom is 0.106 e. The van der Waals surface area contributed by atoms with Crippen molar-refractivity contribution in [1.82, 2.24) is 4.98 Å². The van der Waals surface area contributed by atoms with Gasteiger partial charge >= 0.3 is 0 Å². The number of aliphatic hydroxyl groups is 1. The number of nitrogens with one attached hydrogen (secondary N) is 1. The lowest BCUT2D eigenvalue weighted by Gasteiger charge is -2.10. The van der Waals surface area contributed by atoms with Crippen molar-refractivity contribution in [2.75, 3.05) is 0 Å². The van der Waals surface area contributed by atoms with Gasteiger partial charge in [0, 0.05) is 17.1 Å². The number of aromatic nitrogens is 1. The van der Waals surface area contributed by atoms with E-state index in [2.05, 4.69) is 4.98 Å². The Morgan fingerprint density at radius 2 is 2.12 bits per heavy atom. The van der Waals surface area contributed by atoms with E-state index in [-0.39, 0.29) is 0 Å². The van der Waals surface area contributed by atoms with Gasteiger partial charge in [-0.3, -0.25) is 0 Å². The van der Waals surface area contributed by atoms with E-state index in [0.717, 1.165) is 22.0 Å². The van der Waals surface area contributed by atoms with E-state index < -0.39 is 6.10 Å². The third kappa shape index (κ3) is 1.45. The molecule has 2 N–H and O–H groups in total. The summed E-state index contributed by atoms with van der Waals surface area (Å²) in [5.41, 5.74) is 2.97. The summed E-state index contributed by atoms with van der Waals surface area (Å²) in [5.74, 6) is 0. The smallest absolute Gasteiger partial charge is 0.106 e. The second kappa shape index (κ2) is 3.77. The number of hydrogen-bond donors (Lipinski definition) is 2. The molecule has 2 aromatic heterocycles. The third-order valence-corrected chi connectivity index (χ3v) is 3.48. The van der Waals surface area contributed by atoms with Crippen LogP contribution in [-0.4, -0.2) is 10.1 Å². The Labute approximate surface area is 97.2 Å². The Balaban J connectivity index is 2.15. The molecular weight excluding hydrogens is 218 g/mol. The normalized spacial score (nSPS) is 13.1. The van der Waals surface area contributed by atoms with Crippen LogP contribution in [0.2, 0.25) is 0 Å². The number of thiophene rings is 1. The van der Waals surface area contributed by atoms with Crippen molar-refractivity contribution in [1.29, 1.82) is 0 Å². The maximum absolute atomic E-state index is 10.3. The molecule has 1 atom stereocenters. The Bertz CT molecular complexity index is 597. The topological polar surface area (TPSA) is 36.0 Å². The fourth-order valence-electron chi connectivity index (χ4n) is 1.96. The van der Waals surface area contributed by atoms with E-state index in [1.165, 1.54) is 0 Å². The predicted octanol–water partition coefficient (Wildman–Crippen LogP) is 3.31. The average Bonchev–Trinajstić information content (AvgIpc) is 2.98. The van der Waals surface area contributed by atoms with Crippen molar-refractivity contribution in [3.63, 3.8) is 0 Å². The van der Waals surface area contributed by atoms with Crippen LogP contribution in [0.5, 0.6) is 0 Å². The van der Waals surface area contributed by atoms with Gasteiger partial charge < -0.3 is 10.1 Å². The summed E-state index contributed by atoms with van der Waals surface area (Å²) in [4.78, 5) is 3.15. The molecule has 0 spiro atoms. The van der Waals surface area contributed by atoms with Crippen LogP contribution in [-0.2, 0) is 0 Å². The van der Waals surface area contributed by atoms with Crippen LogP contribution < -0.4 is 0 Å². The van der Waals surface area contributed by atoms with E-state index >= 15 is 0 Å². The number of hydrogen-bond acceptors (Lipinski definition) is 2. The highest BCUT2D eigenvalue weighted by Gasteiger charge is 2.13. The molecule has 3 rings (SSSR count). The number of rotatable bonds is 2. The number of H-pyrrole nitrogens is 1. The molecule has 0 fully saturated rings. The minimum Gasteiger partial charge on any atom is -0.384 e. The van der Waals surface area contributed by atoms with Gasteiger partial charge in [0.25, 0.3) is 0 Å². The van der Waals surface area contributed by atoms with Gasteiger partial charge in [-0.05, 0) is 40.1 Å². The first-order valence-electron chi connectivity index (χ1n) is 5.12. The first-order chi connectivity index (χ1) is 7.86. The molecule has 2 nitrogen and oxygen atoms in total. The van der Waals surface area contributed by atoms with E-state index in [9.17, 15) is 5.11 Å². The average molecular weight is 229 g/mol. The van der Waals surface area contributed by atoms with Crippen LogP contribution in [0, 0.1) is 0 Å². The van der Waals surface area contributed by atoms with Crippen molar-refractivity contribution in [3.8, 4) is 0 Å². The molecule has 0 aliphatic carbocycles. The highest BCUT2D eigenvalue weighted by atomic mass is 32.1. The second-order valence-corrected chi connectivity index (χ2v) is 4.53. The van der Waals surface area contributed by atoms with E-state index in [1.807, 2.05) is 47.3 Å². The summed E-state index contributed by atoms with van der Waals surface area (Å²) >= 11 is 1.60. The molecule has 80 valence electrons. The summed E-state index contributed by atoms with van der Waals surface area (Å²) in [5, 5.41) is 15.3. The van der Waals surface area contributed by atoms with E-state index in [4.69, 9.17) is 0 Å². The number of benzene rings is 1. The molecule has 2 heterocycles. The highest BCUT2D eigenvalue weighted by molar-refractivity contribution is 7.07. The van der Waals surface area contributed by atoms with Gasteiger partial charge in [-0.15, -0.1) is 0 Å². The molecule has 0 saturated carbocycles. The molecule has 0 saturated heterocycles. The summed E-state index contributed by atoms with van der Waals surface area (Å²) in [6.07, 6.45) is 1.36. The van der Waals surface area contributed by atoms with Gasteiger partial charge in [0.05, 0.1) is 0 Å². The summed E-state index contributed by atoms with van der Waals surface area (Å²) in [6, 6.07) is 9.91. The van der Waals surface area contributed by atoms with E-state index in [0.29, 0.717) is 0 Å². The van der Waals surface area contributed by atoms with Gasteiger partial charge in [0.15, 0.2) is 0 Å². The van der Waals surface area contributed by atoms with Crippen LogP contribution in [0.3, 0.4) is 0 Å². The SMILES string of the molecule is OC(c1ccsc1)c1cccc2[nH]ccc12. The van der Waals surface area contributed by atoms with Crippen molar-refractivity contribution >= 4 is 22.2 Å². The molecule has 0 aliphatic heterocycles. The van der Waals surface area contributed by atoms with Crippen molar-refractivity contribution in [3.05, 3.63) is 58.4 Å². The van der Waals surface area contributed by atoms with Crippen molar-refractivity contribution in [2.45, 2.75) is 6.10 Å². The fraction of sp³-hybridized carbons (Fsp3) is 0.0769. The minimum absolute atomic E-state index is 0.536. The molecular formula is C13H11NOS. The Hall–Kier alpha value is -1.58. The maximum atomic E-state index is 10.3. The lowest BCUT2D eigenvalue weighted by Crippen LogP contribution is -1.98. The summed E-state index contributed by atoms with van der Waals surface area (Å²) < 4.78 is 0. The zero-order valence-corrected chi connectivity index (χ0v) is 9.37. The summed E-state index contributed by atoms with van der Waals surface area (Å²) in [6.45, 7) is 0. The second-order valence-electron chi connectivity index (χ2n) is 3.75. The molecule has 0 aliphatic rings. The molecule has 1 unspecified atom stereocenters. The molecule has 0 bridgehead atoms. The molecule has 3 heteroatoms. The molecule has 0 radical (unpaired) electrons. The number of fused-ring (bicyclic) bond motifs is 1. The third-order valence-electron chi connectivity index (χ3n) is 2.78. The first-order valence-corrected chi connectivity index (χ1v) is 6.07. The van der Waals surface area contributed by atoms with Crippen LogP contribution >= 0.6 is 11.3 Å². The Morgan fingerprint density at radius 1 is 1.19 bits per heavy atom. The van der Waals surface area contributed by atoms with Crippen molar-refractivity contribution in [2.24, 2.45) is 0 Å². The number of aliphatic hydroxyl groups excluding tert-OH is 1. The highest BCUT2D eigenvalue weighted by Crippen LogP contribution is 2.29. The zero-order chi connectivity index (χ0) is 11.0. The van der Waals surface area contributed by atoms with Crippen LogP contribution in [0.25, 0.3) is 10.9 Å². The van der Waals surface area contributed by atoms with Gasteiger partial charge in [-0.2, -0.15) is 11.3 Å². The van der Waals surface area contributed by atoms with Crippen LogP contribution in [0.4, 0.5) is 0 Å². The van der Waals surface area contributed by atoms with Gasteiger partial charge in [-0.1, -0.05) is 12.1 Å².